The van der Waals surface area contributed by atoms with Gasteiger partial charge in [0.25, 0.3) is 5.91 Å². The molecule has 1 aromatic heterocycles. The lowest BCUT2D eigenvalue weighted by Crippen LogP contribution is -2.31. The number of nitrogens with one attached hydrogen (secondary N) is 1. The van der Waals surface area contributed by atoms with E-state index in [0.29, 0.717) is 10.6 Å². The van der Waals surface area contributed by atoms with Crippen LogP contribution in [0.4, 0.5) is 0 Å². The summed E-state index contributed by atoms with van der Waals surface area (Å²) in [4.78, 5) is 24.8. The van der Waals surface area contributed by atoms with Gasteiger partial charge in [-0.25, -0.2) is 4.79 Å². The molecule has 0 aliphatic carbocycles. The maximum Gasteiger partial charge on any atom is 0.340 e. The van der Waals surface area contributed by atoms with Crippen LogP contribution in [0.2, 0.25) is 5.02 Å². The zero-order chi connectivity index (χ0) is 21.8. The average Bonchev–Trinajstić information content (AvgIpc) is 3.01. The third kappa shape index (κ3) is 4.92. The zero-order valence-electron chi connectivity index (χ0n) is 17.5. The molecule has 1 heterocycles. The summed E-state index contributed by atoms with van der Waals surface area (Å²) in [5, 5.41) is 3.41. The molecule has 0 spiro atoms. The molecule has 2 aromatic carbocycles. The lowest BCUT2D eigenvalue weighted by atomic mass is 10.1. The number of aryl methyl sites for hydroxylation is 2. The van der Waals surface area contributed by atoms with Crippen molar-refractivity contribution in [2.45, 2.75) is 33.7 Å². The predicted molar refractivity (Wildman–Crippen MR) is 118 cm³/mol. The summed E-state index contributed by atoms with van der Waals surface area (Å²) in [6, 6.07) is 16.9. The van der Waals surface area contributed by atoms with Gasteiger partial charge in [-0.3, -0.25) is 4.79 Å². The number of carbonyl (C=O) groups excluding carboxylic acids is 2. The Hall–Kier alpha value is -3.05. The lowest BCUT2D eigenvalue weighted by molar-refractivity contribution is -0.124. The number of nitrogens with zero attached hydrogens (tertiary/aromatic N) is 1. The van der Waals surface area contributed by atoms with Crippen molar-refractivity contribution in [3.63, 3.8) is 0 Å². The van der Waals surface area contributed by atoms with Crippen LogP contribution < -0.4 is 5.32 Å². The van der Waals surface area contributed by atoms with E-state index in [1.54, 1.807) is 18.2 Å². The lowest BCUT2D eigenvalue weighted by Gasteiger charge is -2.14. The van der Waals surface area contributed by atoms with Gasteiger partial charge in [-0.1, -0.05) is 41.4 Å². The van der Waals surface area contributed by atoms with Crippen molar-refractivity contribution >= 4 is 23.5 Å². The molecule has 5 nitrogen and oxygen atoms in total. The molecule has 6 heteroatoms. The summed E-state index contributed by atoms with van der Waals surface area (Å²) < 4.78 is 7.26. The molecule has 1 atom stereocenters. The fourth-order valence-corrected chi connectivity index (χ4v) is 3.61. The molecule has 0 bridgehead atoms. The Morgan fingerprint density at radius 1 is 1.07 bits per heavy atom. The number of hydrogen-bond acceptors (Lipinski definition) is 3. The molecule has 0 fully saturated rings. The van der Waals surface area contributed by atoms with Crippen molar-refractivity contribution in [3.8, 4) is 5.69 Å². The summed E-state index contributed by atoms with van der Waals surface area (Å²) in [6.07, 6.45) is 0. The molecule has 1 N–H and O–H groups in total. The SMILES string of the molecule is Cc1ccc(-n2c(C)cc(C(=O)OCC(=O)N[C@H](C)c3cccc(Cl)c3)c2C)cc1. The van der Waals surface area contributed by atoms with Crippen LogP contribution in [-0.2, 0) is 9.53 Å². The van der Waals surface area contributed by atoms with Crippen LogP contribution >= 0.6 is 11.6 Å². The van der Waals surface area contributed by atoms with Crippen molar-refractivity contribution in [2.24, 2.45) is 0 Å². The Morgan fingerprint density at radius 2 is 1.77 bits per heavy atom. The normalized spacial score (nSPS) is 11.8. The van der Waals surface area contributed by atoms with Crippen LogP contribution in [0.1, 0.15) is 45.8 Å². The maximum atomic E-state index is 12.6. The third-order valence-electron chi connectivity index (χ3n) is 5.00. The fourth-order valence-electron chi connectivity index (χ4n) is 3.41. The largest absolute Gasteiger partial charge is 0.452 e. The standard InChI is InChI=1S/C24H25ClN2O3/c1-15-8-10-21(11-9-15)27-16(2)12-22(18(27)4)24(29)30-14-23(28)26-17(3)19-6-5-7-20(25)13-19/h5-13,17H,14H2,1-4H3,(H,26,28)/t17-/m1/s1. The van der Waals surface area contributed by atoms with Crippen molar-refractivity contribution in [1.29, 1.82) is 0 Å². The van der Waals surface area contributed by atoms with Crippen molar-refractivity contribution < 1.29 is 14.3 Å². The molecule has 3 aromatic rings. The van der Waals surface area contributed by atoms with Gasteiger partial charge >= 0.3 is 5.97 Å². The van der Waals surface area contributed by atoms with Gasteiger partial charge in [0.1, 0.15) is 0 Å². The summed E-state index contributed by atoms with van der Waals surface area (Å²) in [5.41, 5.74) is 5.16. The molecule has 0 unspecified atom stereocenters. The minimum atomic E-state index is -0.521. The second-order valence-electron chi connectivity index (χ2n) is 7.38. The number of hydrogen-bond donors (Lipinski definition) is 1. The van der Waals surface area contributed by atoms with Crippen LogP contribution in [0.25, 0.3) is 5.69 Å². The number of benzene rings is 2. The number of ether oxygens (including phenoxy) is 1. The van der Waals surface area contributed by atoms with Gasteiger partial charge in [-0.2, -0.15) is 0 Å². The Bertz CT molecular complexity index is 1070. The van der Waals surface area contributed by atoms with E-state index >= 15 is 0 Å². The Morgan fingerprint density at radius 3 is 2.43 bits per heavy atom. The quantitative estimate of drug-likeness (QED) is 0.560. The zero-order valence-corrected chi connectivity index (χ0v) is 18.3. The van der Waals surface area contributed by atoms with E-state index in [1.165, 1.54) is 5.56 Å². The molecule has 0 aliphatic heterocycles. The second-order valence-corrected chi connectivity index (χ2v) is 7.81. The summed E-state index contributed by atoms with van der Waals surface area (Å²) in [6.45, 7) is 7.33. The molecule has 0 aliphatic rings. The summed E-state index contributed by atoms with van der Waals surface area (Å²) in [5.74, 6) is -0.893. The smallest absolute Gasteiger partial charge is 0.340 e. The molecule has 156 valence electrons. The second kappa shape index (κ2) is 9.18. The first-order valence-corrected chi connectivity index (χ1v) is 10.1. The van der Waals surface area contributed by atoms with Crippen LogP contribution in [0.3, 0.4) is 0 Å². The molecule has 3 rings (SSSR count). The van der Waals surface area contributed by atoms with E-state index in [0.717, 1.165) is 22.6 Å². The van der Waals surface area contributed by atoms with Gasteiger partial charge < -0.3 is 14.6 Å². The number of amides is 1. The number of esters is 1. The Labute approximate surface area is 181 Å². The highest BCUT2D eigenvalue weighted by molar-refractivity contribution is 6.30. The highest BCUT2D eigenvalue weighted by Crippen LogP contribution is 2.22. The number of halogens is 1. The van der Waals surface area contributed by atoms with E-state index in [2.05, 4.69) is 5.32 Å². The summed E-state index contributed by atoms with van der Waals surface area (Å²) in [7, 11) is 0. The highest BCUT2D eigenvalue weighted by Gasteiger charge is 2.19. The van der Waals surface area contributed by atoms with Crippen LogP contribution in [0.5, 0.6) is 0 Å². The number of carbonyl (C=O) groups is 2. The molecular weight excluding hydrogens is 400 g/mol. The average molecular weight is 425 g/mol. The fraction of sp³-hybridized carbons (Fsp3) is 0.250. The van der Waals surface area contributed by atoms with Crippen LogP contribution in [-0.4, -0.2) is 23.1 Å². The van der Waals surface area contributed by atoms with Crippen molar-refractivity contribution in [2.75, 3.05) is 6.61 Å². The number of aromatic nitrogens is 1. The van der Waals surface area contributed by atoms with E-state index in [4.69, 9.17) is 16.3 Å². The van der Waals surface area contributed by atoms with Crippen molar-refractivity contribution in [1.82, 2.24) is 9.88 Å². The minimum absolute atomic E-state index is 0.249. The molecule has 0 saturated heterocycles. The number of rotatable bonds is 6. The topological polar surface area (TPSA) is 60.3 Å². The predicted octanol–water partition coefficient (Wildman–Crippen LogP) is 5.09. The Kier molecular flexibility index (Phi) is 6.63. The highest BCUT2D eigenvalue weighted by atomic mass is 35.5. The Balaban J connectivity index is 1.64. The van der Waals surface area contributed by atoms with E-state index in [9.17, 15) is 9.59 Å². The van der Waals surface area contributed by atoms with Crippen LogP contribution in [0, 0.1) is 20.8 Å². The van der Waals surface area contributed by atoms with Gasteiger partial charge in [0.2, 0.25) is 0 Å². The maximum absolute atomic E-state index is 12.6. The monoisotopic (exact) mass is 424 g/mol. The molecule has 1 amide bonds. The van der Waals surface area contributed by atoms with Crippen molar-refractivity contribution in [3.05, 3.63) is 87.7 Å². The first-order chi connectivity index (χ1) is 14.3. The molecule has 0 saturated carbocycles. The van der Waals surface area contributed by atoms with E-state index in [-0.39, 0.29) is 18.6 Å². The van der Waals surface area contributed by atoms with Gasteiger partial charge in [-0.05, 0) is 63.6 Å². The van der Waals surface area contributed by atoms with Gasteiger partial charge in [-0.15, -0.1) is 0 Å². The van der Waals surface area contributed by atoms with Gasteiger partial charge in [0.15, 0.2) is 6.61 Å². The first kappa shape index (κ1) is 21.7. The third-order valence-corrected chi connectivity index (χ3v) is 5.24. The van der Waals surface area contributed by atoms with E-state index < -0.39 is 5.97 Å². The summed E-state index contributed by atoms with van der Waals surface area (Å²) >= 11 is 5.99. The molecule has 30 heavy (non-hydrogen) atoms. The van der Waals surface area contributed by atoms with E-state index in [1.807, 2.05) is 68.7 Å². The van der Waals surface area contributed by atoms with Crippen LogP contribution in [0.15, 0.2) is 54.6 Å². The molecule has 0 radical (unpaired) electrons. The van der Waals surface area contributed by atoms with Gasteiger partial charge in [0.05, 0.1) is 11.6 Å². The van der Waals surface area contributed by atoms with Gasteiger partial charge in [0, 0.05) is 22.1 Å². The first-order valence-electron chi connectivity index (χ1n) is 9.74. The minimum Gasteiger partial charge on any atom is -0.452 e. The molecular formula is C24H25ClN2O3.